The highest BCUT2D eigenvalue weighted by Gasteiger charge is 2.23. The van der Waals surface area contributed by atoms with Gasteiger partial charge in [0.15, 0.2) is 0 Å². The molecule has 1 aromatic carbocycles. The van der Waals surface area contributed by atoms with Gasteiger partial charge in [-0.3, -0.25) is 9.05 Å². The molecule has 2 N–H and O–H groups in total. The van der Waals surface area contributed by atoms with Crippen LogP contribution in [0.25, 0.3) is 0 Å². The van der Waals surface area contributed by atoms with Crippen LogP contribution in [-0.2, 0) is 20.2 Å². The molecule has 0 aliphatic carbocycles. The summed E-state index contributed by atoms with van der Waals surface area (Å²) in [4.78, 5) is 24.6. The molecule has 0 aliphatic heterocycles. The van der Waals surface area contributed by atoms with Crippen molar-refractivity contribution in [3.8, 4) is 0 Å². The van der Waals surface area contributed by atoms with Crippen molar-refractivity contribution in [3.63, 3.8) is 0 Å². The topological polar surface area (TPSA) is 88.1 Å². The lowest BCUT2D eigenvalue weighted by Gasteiger charge is -2.25. The third kappa shape index (κ3) is 23.1. The number of carbonyl (C=O) groups is 1. The monoisotopic (exact) mass is 612 g/mol. The van der Waals surface area contributed by atoms with Gasteiger partial charge in [0.05, 0.1) is 27.7 Å². The lowest BCUT2D eigenvalue weighted by molar-refractivity contribution is -0.870. The molecule has 0 saturated carbocycles. The molecule has 0 saturated heterocycles. The van der Waals surface area contributed by atoms with E-state index < -0.39 is 7.82 Å². The van der Waals surface area contributed by atoms with Crippen molar-refractivity contribution >= 4 is 13.9 Å². The zero-order chi connectivity index (χ0) is 30.9. The zero-order valence-corrected chi connectivity index (χ0v) is 28.3. The van der Waals surface area contributed by atoms with E-state index in [2.05, 4.69) is 12.2 Å². The molecule has 0 fully saturated rings. The Kier molecular flexibility index (Phi) is 22.0. The normalized spacial score (nSPS) is 13.2. The number of rotatable bonds is 27. The maximum Gasteiger partial charge on any atom is 0.472 e. The molecule has 1 aromatic rings. The summed E-state index contributed by atoms with van der Waals surface area (Å²) in [5.74, 6) is 0. The number of amides is 2. The SMILES string of the molecule is CCCCCCCCCCCCCCCCCCN(CCOP(=O)(O)OCC[N+](C)(C)C)C(=O)NCc1ccccc1. The predicted octanol–water partition coefficient (Wildman–Crippen LogP) is 8.30. The van der Waals surface area contributed by atoms with Gasteiger partial charge in [0.1, 0.15) is 13.2 Å². The van der Waals surface area contributed by atoms with Crippen molar-refractivity contribution in [2.24, 2.45) is 0 Å². The van der Waals surface area contributed by atoms with Crippen molar-refractivity contribution in [1.29, 1.82) is 0 Å². The number of nitrogens with one attached hydrogen (secondary N) is 1. The molecule has 244 valence electrons. The summed E-state index contributed by atoms with van der Waals surface area (Å²) in [7, 11) is 1.79. The van der Waals surface area contributed by atoms with Crippen molar-refractivity contribution in [2.45, 2.75) is 116 Å². The molecular weight excluding hydrogens is 549 g/mol. The molecule has 0 heterocycles. The molecule has 42 heavy (non-hydrogen) atoms. The molecule has 0 bridgehead atoms. The zero-order valence-electron chi connectivity index (χ0n) is 27.4. The Morgan fingerprint density at radius 3 is 1.74 bits per heavy atom. The molecule has 0 aromatic heterocycles. The molecule has 0 radical (unpaired) electrons. The van der Waals surface area contributed by atoms with Gasteiger partial charge < -0.3 is 19.6 Å². The van der Waals surface area contributed by atoms with E-state index in [4.69, 9.17) is 9.05 Å². The summed E-state index contributed by atoms with van der Waals surface area (Å²) in [5.41, 5.74) is 1.02. The smallest absolute Gasteiger partial charge is 0.334 e. The fraction of sp³-hybridized carbons (Fsp3) is 0.788. The van der Waals surface area contributed by atoms with E-state index in [1.54, 1.807) is 4.90 Å². The average molecular weight is 613 g/mol. The van der Waals surface area contributed by atoms with Crippen LogP contribution in [0.5, 0.6) is 0 Å². The number of quaternary nitrogens is 1. The molecule has 0 spiro atoms. The Morgan fingerprint density at radius 2 is 1.24 bits per heavy atom. The average Bonchev–Trinajstić information content (AvgIpc) is 2.94. The molecule has 1 atom stereocenters. The standard InChI is InChI=1S/C33H62N3O5P/c1-5-6-7-8-9-10-11-12-13-14-15-16-17-18-19-23-26-35(33(37)34-31-32-24-21-20-22-25-32)27-29-40-42(38,39)41-30-28-36(2,3)4/h20-22,24-25H,5-19,23,26-31H2,1-4H3,(H-,34,37,38,39)/p+1. The minimum Gasteiger partial charge on any atom is -0.334 e. The van der Waals surface area contributed by atoms with Crippen LogP contribution in [0.3, 0.4) is 0 Å². The maximum absolute atomic E-state index is 12.9. The number of unbranched alkanes of at least 4 members (excludes halogenated alkanes) is 15. The quantitative estimate of drug-likeness (QED) is 0.0593. The van der Waals surface area contributed by atoms with Crippen LogP contribution in [0.2, 0.25) is 0 Å². The Hall–Kier alpha value is -1.44. The van der Waals surface area contributed by atoms with E-state index in [1.165, 1.54) is 89.9 Å². The van der Waals surface area contributed by atoms with Crippen LogP contribution in [0, 0.1) is 0 Å². The molecule has 1 unspecified atom stereocenters. The number of nitrogens with zero attached hydrogens (tertiary/aromatic N) is 2. The lowest BCUT2D eigenvalue weighted by atomic mass is 10.0. The van der Waals surface area contributed by atoms with Crippen molar-refractivity contribution in [3.05, 3.63) is 35.9 Å². The van der Waals surface area contributed by atoms with Gasteiger partial charge in [-0.25, -0.2) is 9.36 Å². The van der Waals surface area contributed by atoms with Gasteiger partial charge in [-0.15, -0.1) is 0 Å². The number of phosphoric acid groups is 1. The molecule has 0 aliphatic rings. The number of hydrogen-bond acceptors (Lipinski definition) is 4. The summed E-state index contributed by atoms with van der Waals surface area (Å²) in [5, 5.41) is 2.97. The Labute approximate surface area is 257 Å². The number of phosphoric ester groups is 1. The van der Waals surface area contributed by atoms with Crippen molar-refractivity contribution < 1.29 is 27.8 Å². The lowest BCUT2D eigenvalue weighted by Crippen LogP contribution is -2.42. The van der Waals surface area contributed by atoms with Gasteiger partial charge >= 0.3 is 13.9 Å². The Balaban J connectivity index is 2.27. The highest BCUT2D eigenvalue weighted by Crippen LogP contribution is 2.42. The van der Waals surface area contributed by atoms with Gasteiger partial charge in [-0.2, -0.15) is 0 Å². The largest absolute Gasteiger partial charge is 0.472 e. The number of urea groups is 1. The maximum atomic E-state index is 12.9. The number of benzene rings is 1. The fourth-order valence-corrected chi connectivity index (χ4v) is 5.48. The van der Waals surface area contributed by atoms with Crippen LogP contribution in [-0.4, -0.2) is 74.3 Å². The van der Waals surface area contributed by atoms with Gasteiger partial charge in [-0.05, 0) is 12.0 Å². The van der Waals surface area contributed by atoms with Crippen LogP contribution in [0.15, 0.2) is 30.3 Å². The molecule has 1 rings (SSSR count). The third-order valence-electron chi connectivity index (χ3n) is 7.49. The summed E-state index contributed by atoms with van der Waals surface area (Å²) in [6.07, 6.45) is 20.8. The molecule has 9 heteroatoms. The molecule has 8 nitrogen and oxygen atoms in total. The summed E-state index contributed by atoms with van der Waals surface area (Å²) in [6.45, 7) is 4.16. The van der Waals surface area contributed by atoms with E-state index in [9.17, 15) is 14.3 Å². The highest BCUT2D eigenvalue weighted by molar-refractivity contribution is 7.47. The van der Waals surface area contributed by atoms with E-state index in [0.29, 0.717) is 24.1 Å². The summed E-state index contributed by atoms with van der Waals surface area (Å²) >= 11 is 0. The van der Waals surface area contributed by atoms with Crippen molar-refractivity contribution in [2.75, 3.05) is 54.0 Å². The number of carbonyl (C=O) groups excluding carboxylic acids is 1. The second kappa shape index (κ2) is 23.9. The van der Waals surface area contributed by atoms with Gasteiger partial charge in [-0.1, -0.05) is 134 Å². The second-order valence-electron chi connectivity index (χ2n) is 12.6. The molecule has 2 amide bonds. The minimum absolute atomic E-state index is 0.0598. The first-order chi connectivity index (χ1) is 20.1. The first kappa shape index (κ1) is 38.6. The number of hydrogen-bond donors (Lipinski definition) is 2. The second-order valence-corrected chi connectivity index (χ2v) is 14.0. The third-order valence-corrected chi connectivity index (χ3v) is 8.51. The minimum atomic E-state index is -4.16. The summed E-state index contributed by atoms with van der Waals surface area (Å²) < 4.78 is 23.2. The van der Waals surface area contributed by atoms with E-state index in [1.807, 2.05) is 51.5 Å². The highest BCUT2D eigenvalue weighted by atomic mass is 31.2. The Bertz CT molecular complexity index is 835. The van der Waals surface area contributed by atoms with Crippen LogP contribution in [0.4, 0.5) is 4.79 Å². The Morgan fingerprint density at radius 1 is 0.762 bits per heavy atom. The number of likely N-dealkylation sites (N-methyl/N-ethyl adjacent to an activating group) is 1. The summed E-state index contributed by atoms with van der Waals surface area (Å²) in [6, 6.07) is 9.59. The van der Waals surface area contributed by atoms with Gasteiger partial charge in [0.25, 0.3) is 0 Å². The van der Waals surface area contributed by atoms with Crippen LogP contribution >= 0.6 is 7.82 Å². The van der Waals surface area contributed by atoms with E-state index in [0.717, 1.165) is 18.4 Å². The van der Waals surface area contributed by atoms with E-state index in [-0.39, 0.29) is 25.8 Å². The van der Waals surface area contributed by atoms with E-state index >= 15 is 0 Å². The first-order valence-corrected chi connectivity index (χ1v) is 18.1. The van der Waals surface area contributed by atoms with Crippen molar-refractivity contribution in [1.82, 2.24) is 10.2 Å². The molecular formula is C33H63N3O5P+. The van der Waals surface area contributed by atoms with Crippen LogP contribution in [0.1, 0.15) is 115 Å². The predicted molar refractivity (Wildman–Crippen MR) is 174 cm³/mol. The van der Waals surface area contributed by atoms with Gasteiger partial charge in [0.2, 0.25) is 0 Å². The van der Waals surface area contributed by atoms with Gasteiger partial charge in [0, 0.05) is 19.6 Å². The fourth-order valence-electron chi connectivity index (χ4n) is 4.78. The first-order valence-electron chi connectivity index (χ1n) is 16.6. The van der Waals surface area contributed by atoms with Crippen LogP contribution < -0.4 is 5.32 Å².